The van der Waals surface area contributed by atoms with E-state index < -0.39 is 0 Å². The minimum Gasteiger partial charge on any atom is -0.353 e. The zero-order valence-corrected chi connectivity index (χ0v) is 11.3. The highest BCUT2D eigenvalue weighted by molar-refractivity contribution is 7.19. The Morgan fingerprint density at radius 1 is 1.39 bits per heavy atom. The number of hydrogen-bond acceptors (Lipinski definition) is 3. The van der Waals surface area contributed by atoms with Crippen molar-refractivity contribution in [3.8, 4) is 0 Å². The quantitative estimate of drug-likeness (QED) is 0.841. The first-order valence-corrected chi connectivity index (χ1v) is 6.21. The Hall–Kier alpha value is -1.39. The third-order valence-electron chi connectivity index (χ3n) is 2.87. The van der Waals surface area contributed by atoms with Crippen molar-refractivity contribution in [1.29, 1.82) is 0 Å². The van der Waals surface area contributed by atoms with Crippen LogP contribution in [0.1, 0.15) is 16.5 Å². The topological polar surface area (TPSA) is 24.4 Å². The lowest BCUT2D eigenvalue weighted by Gasteiger charge is -2.11. The van der Waals surface area contributed by atoms with E-state index in [1.807, 2.05) is 25.3 Å². The van der Waals surface area contributed by atoms with Crippen LogP contribution in [-0.4, -0.2) is 6.34 Å². The number of nitrogens with one attached hydrogen (secondary N) is 1. The van der Waals surface area contributed by atoms with Gasteiger partial charge in [0, 0.05) is 22.0 Å². The minimum atomic E-state index is -0.149. The normalized spacial score (nSPS) is 17.6. The van der Waals surface area contributed by atoms with E-state index in [1.54, 1.807) is 12.4 Å². The lowest BCUT2D eigenvalue weighted by molar-refractivity contribution is 0.641. The summed E-state index contributed by atoms with van der Waals surface area (Å²) in [6.07, 6.45) is 5.52. The molecule has 0 aliphatic carbocycles. The summed E-state index contributed by atoms with van der Waals surface area (Å²) in [4.78, 5) is 5.50. The van der Waals surface area contributed by atoms with Crippen molar-refractivity contribution >= 4 is 40.2 Å². The average molecular weight is 283 g/mol. The molecule has 1 atom stereocenters. The van der Waals surface area contributed by atoms with Crippen LogP contribution in [0.5, 0.6) is 0 Å². The van der Waals surface area contributed by atoms with Crippen LogP contribution in [0.15, 0.2) is 35.5 Å². The molecule has 3 rings (SSSR count). The summed E-state index contributed by atoms with van der Waals surface area (Å²) in [6, 6.07) is 5.21. The lowest BCUT2D eigenvalue weighted by atomic mass is 10.0. The van der Waals surface area contributed by atoms with Gasteiger partial charge in [-0.1, -0.05) is 12.1 Å². The summed E-state index contributed by atoms with van der Waals surface area (Å²) < 4.78 is 14.4. The average Bonchev–Trinajstić information content (AvgIpc) is 2.68. The van der Waals surface area contributed by atoms with Crippen LogP contribution in [0.3, 0.4) is 0 Å². The number of halogens is 2. The second-order valence-corrected chi connectivity index (χ2v) is 5.16. The van der Waals surface area contributed by atoms with Crippen LogP contribution >= 0.6 is 23.7 Å². The number of aliphatic imine (C=N–C) groups is 1. The van der Waals surface area contributed by atoms with E-state index in [-0.39, 0.29) is 24.3 Å². The molecule has 1 aromatic carbocycles. The van der Waals surface area contributed by atoms with E-state index in [0.717, 1.165) is 20.5 Å². The maximum atomic E-state index is 13.7. The van der Waals surface area contributed by atoms with Crippen molar-refractivity contribution in [2.75, 3.05) is 0 Å². The van der Waals surface area contributed by atoms with Gasteiger partial charge in [0.15, 0.2) is 0 Å². The lowest BCUT2D eigenvalue weighted by Crippen LogP contribution is -2.08. The van der Waals surface area contributed by atoms with Gasteiger partial charge in [-0.15, -0.1) is 23.7 Å². The molecular formula is C13H12ClFN2S. The number of hydrogen-bond donors (Lipinski definition) is 1. The van der Waals surface area contributed by atoms with Crippen LogP contribution < -0.4 is 5.32 Å². The molecule has 0 fully saturated rings. The molecule has 2 heterocycles. The van der Waals surface area contributed by atoms with Crippen LogP contribution in [0.2, 0.25) is 0 Å². The molecule has 5 heteroatoms. The highest BCUT2D eigenvalue weighted by Gasteiger charge is 2.18. The first-order valence-electron chi connectivity index (χ1n) is 5.39. The Labute approximate surface area is 115 Å². The zero-order valence-electron chi connectivity index (χ0n) is 9.68. The molecule has 0 saturated carbocycles. The molecule has 0 bridgehead atoms. The van der Waals surface area contributed by atoms with Gasteiger partial charge in [0.25, 0.3) is 0 Å². The monoisotopic (exact) mass is 282 g/mol. The first-order chi connectivity index (χ1) is 8.27. The smallest absolute Gasteiger partial charge is 0.141 e. The van der Waals surface area contributed by atoms with Crippen molar-refractivity contribution in [1.82, 2.24) is 5.32 Å². The molecule has 0 spiro atoms. The maximum Gasteiger partial charge on any atom is 0.141 e. The van der Waals surface area contributed by atoms with Crippen LogP contribution in [0.4, 0.5) is 4.39 Å². The van der Waals surface area contributed by atoms with E-state index in [1.165, 1.54) is 17.4 Å². The number of benzene rings is 1. The Kier molecular flexibility index (Phi) is 3.68. The molecule has 1 N–H and O–H groups in total. The standard InChI is InChI=1S/C13H11FN2S.ClH/c1-8-12(11-5-6-15-7-16-11)9-3-2-4-10(14)13(9)17-8;/h2-7,11H,1H3,(H,15,16);1H. The van der Waals surface area contributed by atoms with E-state index in [9.17, 15) is 4.39 Å². The number of nitrogens with zero attached hydrogens (tertiary/aromatic N) is 1. The van der Waals surface area contributed by atoms with Gasteiger partial charge >= 0.3 is 0 Å². The summed E-state index contributed by atoms with van der Waals surface area (Å²) in [6.45, 7) is 2.02. The molecule has 2 nitrogen and oxygen atoms in total. The van der Waals surface area contributed by atoms with E-state index in [2.05, 4.69) is 10.3 Å². The summed E-state index contributed by atoms with van der Waals surface area (Å²) in [5.41, 5.74) is 1.11. The van der Waals surface area contributed by atoms with Crippen molar-refractivity contribution in [3.05, 3.63) is 46.7 Å². The van der Waals surface area contributed by atoms with Gasteiger partial charge < -0.3 is 5.32 Å². The summed E-state index contributed by atoms with van der Waals surface area (Å²) in [5, 5.41) is 3.89. The van der Waals surface area contributed by atoms with Gasteiger partial charge in [-0.25, -0.2) is 4.39 Å². The Morgan fingerprint density at radius 2 is 2.22 bits per heavy atom. The molecule has 0 radical (unpaired) electrons. The maximum absolute atomic E-state index is 13.7. The molecular weight excluding hydrogens is 271 g/mol. The van der Waals surface area contributed by atoms with Crippen molar-refractivity contribution in [2.24, 2.45) is 4.99 Å². The van der Waals surface area contributed by atoms with Crippen molar-refractivity contribution in [2.45, 2.75) is 13.0 Å². The Balaban J connectivity index is 0.00000120. The van der Waals surface area contributed by atoms with Crippen molar-refractivity contribution < 1.29 is 4.39 Å². The van der Waals surface area contributed by atoms with E-state index in [0.29, 0.717) is 0 Å². The summed E-state index contributed by atoms with van der Waals surface area (Å²) in [7, 11) is 0. The molecule has 18 heavy (non-hydrogen) atoms. The molecule has 1 aromatic heterocycles. The molecule has 2 aromatic rings. The third kappa shape index (κ3) is 2.02. The molecule has 0 saturated heterocycles. The largest absolute Gasteiger partial charge is 0.353 e. The van der Waals surface area contributed by atoms with Crippen LogP contribution in [0, 0.1) is 12.7 Å². The number of fused-ring (bicyclic) bond motifs is 1. The summed E-state index contributed by atoms with van der Waals surface area (Å²) in [5.74, 6) is -0.149. The fraction of sp³-hybridized carbons (Fsp3) is 0.154. The molecule has 1 aliphatic heterocycles. The van der Waals surface area contributed by atoms with Crippen LogP contribution in [-0.2, 0) is 0 Å². The van der Waals surface area contributed by atoms with Gasteiger partial charge in [0.1, 0.15) is 5.82 Å². The third-order valence-corrected chi connectivity index (χ3v) is 4.02. The predicted octanol–water partition coefficient (Wildman–Crippen LogP) is 3.96. The highest BCUT2D eigenvalue weighted by atomic mass is 35.5. The van der Waals surface area contributed by atoms with Crippen molar-refractivity contribution in [3.63, 3.8) is 0 Å². The molecule has 1 aliphatic rings. The fourth-order valence-corrected chi connectivity index (χ4v) is 3.22. The molecule has 94 valence electrons. The summed E-state index contributed by atoms with van der Waals surface area (Å²) >= 11 is 1.50. The van der Waals surface area contributed by atoms with Gasteiger partial charge in [-0.3, -0.25) is 4.99 Å². The van der Waals surface area contributed by atoms with Gasteiger partial charge in [0.2, 0.25) is 0 Å². The van der Waals surface area contributed by atoms with Gasteiger partial charge in [-0.2, -0.15) is 0 Å². The number of aryl methyl sites for hydroxylation is 1. The number of rotatable bonds is 1. The fourth-order valence-electron chi connectivity index (χ4n) is 2.12. The number of thiophene rings is 1. The predicted molar refractivity (Wildman–Crippen MR) is 77.3 cm³/mol. The first kappa shape index (κ1) is 13.1. The minimum absolute atomic E-state index is 0. The Bertz CT molecular complexity index is 621. The van der Waals surface area contributed by atoms with Crippen LogP contribution in [0.25, 0.3) is 10.1 Å². The van der Waals surface area contributed by atoms with Gasteiger partial charge in [0.05, 0.1) is 17.1 Å². The molecule has 0 amide bonds. The second kappa shape index (κ2) is 5.08. The molecule has 1 unspecified atom stereocenters. The zero-order chi connectivity index (χ0) is 11.8. The Morgan fingerprint density at radius 3 is 2.94 bits per heavy atom. The van der Waals surface area contributed by atoms with E-state index >= 15 is 0 Å². The van der Waals surface area contributed by atoms with Gasteiger partial charge in [-0.05, 0) is 19.1 Å². The highest BCUT2D eigenvalue weighted by Crippen LogP contribution is 2.38. The second-order valence-electron chi connectivity index (χ2n) is 3.94. The van der Waals surface area contributed by atoms with E-state index in [4.69, 9.17) is 0 Å². The SMILES string of the molecule is Cc1sc2c(F)cccc2c1C1C=CNC=N1.Cl.